The van der Waals surface area contributed by atoms with Gasteiger partial charge in [-0.05, 0) is 43.9 Å². The Bertz CT molecular complexity index is 789. The van der Waals surface area contributed by atoms with E-state index < -0.39 is 5.72 Å². The number of ether oxygens (including phenoxy) is 2. The smallest absolute Gasteiger partial charge is 0.308 e. The SMILES string of the molecule is C=CC(C)(C)c1cc(OC(C)=O)cc2c1OC(C)(CC)NC(C1CCC1)=C2. The van der Waals surface area contributed by atoms with Crippen LogP contribution in [0.3, 0.4) is 0 Å². The van der Waals surface area contributed by atoms with Crippen LogP contribution in [0.1, 0.15) is 71.4 Å². The number of rotatable bonds is 5. The first-order chi connectivity index (χ1) is 12.7. The maximum Gasteiger partial charge on any atom is 0.308 e. The normalized spacial score (nSPS) is 22.3. The first-order valence-electron chi connectivity index (χ1n) is 9.87. The third-order valence-corrected chi connectivity index (χ3v) is 5.82. The van der Waals surface area contributed by atoms with Crippen LogP contribution in [0.25, 0.3) is 6.08 Å². The Balaban J connectivity index is 2.21. The summed E-state index contributed by atoms with van der Waals surface area (Å²) in [6.45, 7) is 13.8. The van der Waals surface area contributed by atoms with Crippen molar-refractivity contribution < 1.29 is 14.3 Å². The predicted molar refractivity (Wildman–Crippen MR) is 109 cm³/mol. The molecule has 27 heavy (non-hydrogen) atoms. The molecule has 1 aliphatic heterocycles. The first-order valence-corrected chi connectivity index (χ1v) is 9.87. The molecule has 3 rings (SSSR count). The van der Waals surface area contributed by atoms with Crippen LogP contribution in [-0.4, -0.2) is 11.7 Å². The summed E-state index contributed by atoms with van der Waals surface area (Å²) < 4.78 is 12.0. The summed E-state index contributed by atoms with van der Waals surface area (Å²) in [5, 5.41) is 3.65. The Hall–Kier alpha value is -2.23. The number of allylic oxidation sites excluding steroid dienone is 2. The fourth-order valence-electron chi connectivity index (χ4n) is 3.52. The molecule has 1 unspecified atom stereocenters. The lowest BCUT2D eigenvalue weighted by Crippen LogP contribution is -2.47. The van der Waals surface area contributed by atoms with E-state index in [9.17, 15) is 4.79 Å². The van der Waals surface area contributed by atoms with Gasteiger partial charge in [-0.15, -0.1) is 6.58 Å². The topological polar surface area (TPSA) is 47.6 Å². The van der Waals surface area contributed by atoms with Crippen molar-refractivity contribution in [2.75, 3.05) is 0 Å². The molecule has 1 aliphatic carbocycles. The molecule has 0 saturated heterocycles. The Morgan fingerprint density at radius 2 is 2.15 bits per heavy atom. The number of hydrogen-bond donors (Lipinski definition) is 1. The van der Waals surface area contributed by atoms with Crippen molar-refractivity contribution in [1.82, 2.24) is 5.32 Å². The summed E-state index contributed by atoms with van der Waals surface area (Å²) in [5.41, 5.74) is 2.32. The first kappa shape index (κ1) is 19.5. The Morgan fingerprint density at radius 3 is 2.67 bits per heavy atom. The molecule has 1 N–H and O–H groups in total. The van der Waals surface area contributed by atoms with Gasteiger partial charge in [-0.3, -0.25) is 4.79 Å². The molecular formula is C23H31NO3. The zero-order valence-corrected chi connectivity index (χ0v) is 17.1. The minimum atomic E-state index is -0.485. The molecule has 0 radical (unpaired) electrons. The second-order valence-electron chi connectivity index (χ2n) is 8.45. The summed E-state index contributed by atoms with van der Waals surface area (Å²) in [6, 6.07) is 3.81. The van der Waals surface area contributed by atoms with Crippen molar-refractivity contribution >= 4 is 12.0 Å². The van der Waals surface area contributed by atoms with Crippen LogP contribution in [-0.2, 0) is 10.2 Å². The van der Waals surface area contributed by atoms with Crippen LogP contribution in [0.2, 0.25) is 0 Å². The van der Waals surface area contributed by atoms with Crippen molar-refractivity contribution in [1.29, 1.82) is 0 Å². The molecule has 1 fully saturated rings. The van der Waals surface area contributed by atoms with E-state index in [2.05, 4.69) is 45.7 Å². The summed E-state index contributed by atoms with van der Waals surface area (Å²) in [6.07, 6.45) is 8.57. The number of carbonyl (C=O) groups is 1. The number of hydrogen-bond acceptors (Lipinski definition) is 4. The number of esters is 1. The third kappa shape index (κ3) is 3.90. The zero-order valence-electron chi connectivity index (χ0n) is 17.1. The predicted octanol–water partition coefficient (Wildman–Crippen LogP) is 5.32. The average molecular weight is 370 g/mol. The molecule has 146 valence electrons. The second kappa shape index (κ2) is 7.06. The maximum atomic E-state index is 11.6. The van der Waals surface area contributed by atoms with E-state index in [4.69, 9.17) is 9.47 Å². The van der Waals surface area contributed by atoms with E-state index in [-0.39, 0.29) is 11.4 Å². The molecule has 4 heteroatoms. The average Bonchev–Trinajstić information content (AvgIpc) is 2.68. The van der Waals surface area contributed by atoms with Crippen LogP contribution < -0.4 is 14.8 Å². The lowest BCUT2D eigenvalue weighted by atomic mass is 9.81. The third-order valence-electron chi connectivity index (χ3n) is 5.82. The molecular weight excluding hydrogens is 338 g/mol. The van der Waals surface area contributed by atoms with Crippen molar-refractivity contribution in [2.24, 2.45) is 5.92 Å². The molecule has 0 aromatic heterocycles. The van der Waals surface area contributed by atoms with Gasteiger partial charge >= 0.3 is 5.97 Å². The van der Waals surface area contributed by atoms with Gasteiger partial charge in [0, 0.05) is 35.6 Å². The summed E-state index contributed by atoms with van der Waals surface area (Å²) in [7, 11) is 0. The molecule has 0 spiro atoms. The standard InChI is InChI=1S/C23H31NO3/c1-7-22(4,5)19-14-18(26-15(3)25)12-17-13-20(16-10-9-11-16)24-23(6,8-2)27-21(17)19/h7,12-14,16,24H,1,8-11H2,2-6H3. The number of benzene rings is 1. The summed E-state index contributed by atoms with van der Waals surface area (Å²) in [4.78, 5) is 11.6. The van der Waals surface area contributed by atoms with E-state index in [1.165, 1.54) is 31.9 Å². The van der Waals surface area contributed by atoms with Crippen LogP contribution in [0.5, 0.6) is 11.5 Å². The highest BCUT2D eigenvalue weighted by Crippen LogP contribution is 2.44. The van der Waals surface area contributed by atoms with Gasteiger partial charge in [0.25, 0.3) is 0 Å². The fraction of sp³-hybridized carbons (Fsp3) is 0.522. The van der Waals surface area contributed by atoms with Crippen LogP contribution in [0, 0.1) is 5.92 Å². The number of nitrogens with one attached hydrogen (secondary N) is 1. The van der Waals surface area contributed by atoms with Gasteiger partial charge < -0.3 is 14.8 Å². The second-order valence-corrected chi connectivity index (χ2v) is 8.45. The van der Waals surface area contributed by atoms with Gasteiger partial charge in [0.05, 0.1) is 0 Å². The van der Waals surface area contributed by atoms with Crippen LogP contribution in [0.15, 0.2) is 30.5 Å². The molecule has 2 aliphatic rings. The highest BCUT2D eigenvalue weighted by molar-refractivity contribution is 5.72. The molecule has 0 amide bonds. The molecule has 1 aromatic rings. The van der Waals surface area contributed by atoms with Gasteiger partial charge in [0.15, 0.2) is 5.72 Å². The van der Waals surface area contributed by atoms with Gasteiger partial charge in [-0.25, -0.2) is 0 Å². The van der Waals surface area contributed by atoms with E-state index in [1.807, 2.05) is 18.2 Å². The minimum absolute atomic E-state index is 0.327. The Labute approximate surface area is 162 Å². The van der Waals surface area contributed by atoms with E-state index in [0.717, 1.165) is 23.3 Å². The van der Waals surface area contributed by atoms with Crippen LogP contribution >= 0.6 is 0 Å². The lowest BCUT2D eigenvalue weighted by molar-refractivity contribution is -0.131. The summed E-state index contributed by atoms with van der Waals surface area (Å²) >= 11 is 0. The molecule has 4 nitrogen and oxygen atoms in total. The van der Waals surface area contributed by atoms with Gasteiger partial charge in [-0.1, -0.05) is 33.3 Å². The highest BCUT2D eigenvalue weighted by Gasteiger charge is 2.36. The van der Waals surface area contributed by atoms with Crippen molar-refractivity contribution in [2.45, 2.75) is 71.4 Å². The summed E-state index contributed by atoms with van der Waals surface area (Å²) in [5.74, 6) is 1.59. The number of fused-ring (bicyclic) bond motifs is 1. The van der Waals surface area contributed by atoms with E-state index >= 15 is 0 Å². The molecule has 1 heterocycles. The lowest BCUT2D eigenvalue weighted by Gasteiger charge is -2.37. The van der Waals surface area contributed by atoms with Gasteiger partial charge in [-0.2, -0.15) is 0 Å². The van der Waals surface area contributed by atoms with E-state index in [1.54, 1.807) is 0 Å². The van der Waals surface area contributed by atoms with Gasteiger partial charge in [0.1, 0.15) is 11.5 Å². The Kier molecular flexibility index (Phi) is 5.11. The van der Waals surface area contributed by atoms with Crippen LogP contribution in [0.4, 0.5) is 0 Å². The number of carbonyl (C=O) groups excluding carboxylic acids is 1. The largest absolute Gasteiger partial charge is 0.468 e. The van der Waals surface area contributed by atoms with Crippen molar-refractivity contribution in [3.8, 4) is 11.5 Å². The molecule has 1 saturated carbocycles. The highest BCUT2D eigenvalue weighted by atomic mass is 16.5. The molecule has 1 atom stereocenters. The minimum Gasteiger partial charge on any atom is -0.468 e. The Morgan fingerprint density at radius 1 is 1.44 bits per heavy atom. The van der Waals surface area contributed by atoms with E-state index in [0.29, 0.717) is 11.7 Å². The molecule has 0 bridgehead atoms. The van der Waals surface area contributed by atoms with Crippen molar-refractivity contribution in [3.63, 3.8) is 0 Å². The maximum absolute atomic E-state index is 11.6. The monoisotopic (exact) mass is 369 g/mol. The molecule has 1 aromatic carbocycles. The van der Waals surface area contributed by atoms with Gasteiger partial charge in [0.2, 0.25) is 0 Å². The van der Waals surface area contributed by atoms with Crippen molar-refractivity contribution in [3.05, 3.63) is 41.6 Å². The quantitative estimate of drug-likeness (QED) is 0.433. The fourth-order valence-corrected chi connectivity index (χ4v) is 3.52. The zero-order chi connectivity index (χ0) is 19.8.